The largest absolute Gasteiger partial charge is 0.491 e. The standard InChI is InChI=1S/C16H19NO2/c18-15(13-19-16-9-5-2-6-10-16)12-17-11-14-7-3-1-4-8-14/h1-10,15,17-18H,11-13H2/t15-/m1/s1. The fourth-order valence-corrected chi connectivity index (χ4v) is 1.75. The predicted octanol–water partition coefficient (Wildman–Crippen LogP) is 2.22. The van der Waals surface area contributed by atoms with E-state index in [9.17, 15) is 5.11 Å². The van der Waals surface area contributed by atoms with E-state index in [4.69, 9.17) is 4.74 Å². The Balaban J connectivity index is 1.64. The molecule has 100 valence electrons. The molecule has 0 unspecified atom stereocenters. The number of ether oxygens (including phenoxy) is 1. The second kappa shape index (κ2) is 7.56. The van der Waals surface area contributed by atoms with Crippen molar-refractivity contribution < 1.29 is 9.84 Å². The smallest absolute Gasteiger partial charge is 0.119 e. The Morgan fingerprint density at radius 2 is 1.58 bits per heavy atom. The number of aliphatic hydroxyl groups excluding tert-OH is 1. The Morgan fingerprint density at radius 3 is 2.26 bits per heavy atom. The highest BCUT2D eigenvalue weighted by Gasteiger charge is 2.04. The van der Waals surface area contributed by atoms with Gasteiger partial charge in [0.05, 0.1) is 0 Å². The Bertz CT molecular complexity index is 459. The molecule has 0 aliphatic rings. The summed E-state index contributed by atoms with van der Waals surface area (Å²) in [5, 5.41) is 13.0. The summed E-state index contributed by atoms with van der Waals surface area (Å²) in [7, 11) is 0. The Kier molecular flexibility index (Phi) is 5.41. The van der Waals surface area contributed by atoms with Gasteiger partial charge in [-0.05, 0) is 17.7 Å². The maximum atomic E-state index is 9.80. The number of aliphatic hydroxyl groups is 1. The van der Waals surface area contributed by atoms with Gasteiger partial charge in [-0.25, -0.2) is 0 Å². The van der Waals surface area contributed by atoms with Gasteiger partial charge in [0, 0.05) is 13.1 Å². The van der Waals surface area contributed by atoms with Gasteiger partial charge in [0.25, 0.3) is 0 Å². The van der Waals surface area contributed by atoms with Gasteiger partial charge in [-0.3, -0.25) is 0 Å². The van der Waals surface area contributed by atoms with E-state index >= 15 is 0 Å². The molecule has 0 heterocycles. The van der Waals surface area contributed by atoms with Crippen LogP contribution in [0.1, 0.15) is 5.56 Å². The van der Waals surface area contributed by atoms with Crippen molar-refractivity contribution in [3.05, 3.63) is 66.2 Å². The van der Waals surface area contributed by atoms with Gasteiger partial charge in [-0.15, -0.1) is 0 Å². The molecule has 0 aliphatic heterocycles. The molecular weight excluding hydrogens is 238 g/mol. The van der Waals surface area contributed by atoms with E-state index in [1.807, 2.05) is 48.5 Å². The van der Waals surface area contributed by atoms with Crippen molar-refractivity contribution in [1.29, 1.82) is 0 Å². The number of rotatable bonds is 7. The first-order valence-electron chi connectivity index (χ1n) is 6.45. The maximum absolute atomic E-state index is 9.80. The van der Waals surface area contributed by atoms with E-state index < -0.39 is 6.10 Å². The summed E-state index contributed by atoms with van der Waals surface area (Å²) in [5.41, 5.74) is 1.21. The first-order chi connectivity index (χ1) is 9.34. The molecule has 2 aromatic carbocycles. The molecular formula is C16H19NO2. The molecule has 0 aromatic heterocycles. The zero-order valence-corrected chi connectivity index (χ0v) is 10.8. The van der Waals surface area contributed by atoms with E-state index in [1.165, 1.54) is 5.56 Å². The summed E-state index contributed by atoms with van der Waals surface area (Å²) in [4.78, 5) is 0. The zero-order chi connectivity index (χ0) is 13.3. The molecule has 19 heavy (non-hydrogen) atoms. The van der Waals surface area contributed by atoms with Gasteiger partial charge in [0.2, 0.25) is 0 Å². The second-order valence-electron chi connectivity index (χ2n) is 4.39. The molecule has 1 atom stereocenters. The third-order valence-electron chi connectivity index (χ3n) is 2.74. The van der Waals surface area contributed by atoms with Crippen molar-refractivity contribution in [2.24, 2.45) is 0 Å². The number of hydrogen-bond donors (Lipinski definition) is 2. The maximum Gasteiger partial charge on any atom is 0.119 e. The van der Waals surface area contributed by atoms with Crippen LogP contribution in [0, 0.1) is 0 Å². The molecule has 2 aromatic rings. The highest BCUT2D eigenvalue weighted by atomic mass is 16.5. The fourth-order valence-electron chi connectivity index (χ4n) is 1.75. The fraction of sp³-hybridized carbons (Fsp3) is 0.250. The summed E-state index contributed by atoms with van der Waals surface area (Å²) in [6.07, 6.45) is -0.510. The predicted molar refractivity (Wildman–Crippen MR) is 76.1 cm³/mol. The Morgan fingerprint density at radius 1 is 0.947 bits per heavy atom. The summed E-state index contributed by atoms with van der Waals surface area (Å²) >= 11 is 0. The van der Waals surface area contributed by atoms with Crippen LogP contribution in [0.3, 0.4) is 0 Å². The van der Waals surface area contributed by atoms with Gasteiger partial charge < -0.3 is 15.2 Å². The lowest BCUT2D eigenvalue weighted by Crippen LogP contribution is -2.31. The van der Waals surface area contributed by atoms with Crippen LogP contribution in [0.15, 0.2) is 60.7 Å². The highest BCUT2D eigenvalue weighted by Crippen LogP contribution is 2.08. The lowest BCUT2D eigenvalue weighted by Gasteiger charge is -2.13. The molecule has 0 bridgehead atoms. The monoisotopic (exact) mass is 257 g/mol. The third kappa shape index (κ3) is 5.12. The molecule has 0 saturated heterocycles. The van der Waals surface area contributed by atoms with E-state index in [0.717, 1.165) is 12.3 Å². The van der Waals surface area contributed by atoms with Crippen molar-refractivity contribution in [2.45, 2.75) is 12.6 Å². The number of para-hydroxylation sites is 1. The summed E-state index contributed by atoms with van der Waals surface area (Å²) in [6.45, 7) is 1.57. The second-order valence-corrected chi connectivity index (χ2v) is 4.39. The van der Waals surface area contributed by atoms with E-state index in [-0.39, 0.29) is 0 Å². The van der Waals surface area contributed by atoms with Crippen LogP contribution in [0.2, 0.25) is 0 Å². The van der Waals surface area contributed by atoms with Crippen molar-refractivity contribution >= 4 is 0 Å². The number of benzene rings is 2. The third-order valence-corrected chi connectivity index (χ3v) is 2.74. The molecule has 0 amide bonds. The van der Waals surface area contributed by atoms with Gasteiger partial charge in [0.1, 0.15) is 18.5 Å². The van der Waals surface area contributed by atoms with Crippen molar-refractivity contribution in [3.8, 4) is 5.75 Å². The van der Waals surface area contributed by atoms with Gasteiger partial charge >= 0.3 is 0 Å². The highest BCUT2D eigenvalue weighted by molar-refractivity contribution is 5.20. The molecule has 0 fully saturated rings. The Labute approximate surface area is 113 Å². The van der Waals surface area contributed by atoms with Crippen molar-refractivity contribution in [1.82, 2.24) is 5.32 Å². The van der Waals surface area contributed by atoms with Crippen LogP contribution in [0.4, 0.5) is 0 Å². The minimum atomic E-state index is -0.510. The number of nitrogens with one attached hydrogen (secondary N) is 1. The molecule has 3 nitrogen and oxygen atoms in total. The Hall–Kier alpha value is -1.84. The molecule has 0 saturated carbocycles. The van der Waals surface area contributed by atoms with Crippen LogP contribution in [0.25, 0.3) is 0 Å². The quantitative estimate of drug-likeness (QED) is 0.799. The van der Waals surface area contributed by atoms with Gasteiger partial charge in [-0.2, -0.15) is 0 Å². The summed E-state index contributed by atoms with van der Waals surface area (Å²) < 4.78 is 5.48. The minimum absolute atomic E-state index is 0.297. The van der Waals surface area contributed by atoms with Crippen LogP contribution in [-0.2, 0) is 6.54 Å². The summed E-state index contributed by atoms with van der Waals surface area (Å²) in [5.74, 6) is 0.782. The topological polar surface area (TPSA) is 41.5 Å². The molecule has 0 radical (unpaired) electrons. The molecule has 0 aliphatic carbocycles. The van der Waals surface area contributed by atoms with Crippen molar-refractivity contribution in [3.63, 3.8) is 0 Å². The van der Waals surface area contributed by atoms with Crippen molar-refractivity contribution in [2.75, 3.05) is 13.2 Å². The average molecular weight is 257 g/mol. The lowest BCUT2D eigenvalue weighted by molar-refractivity contribution is 0.106. The molecule has 2 N–H and O–H groups in total. The van der Waals surface area contributed by atoms with Crippen LogP contribution >= 0.6 is 0 Å². The van der Waals surface area contributed by atoms with Crippen LogP contribution < -0.4 is 10.1 Å². The van der Waals surface area contributed by atoms with Crippen LogP contribution in [0.5, 0.6) is 5.75 Å². The van der Waals surface area contributed by atoms with E-state index in [2.05, 4.69) is 17.4 Å². The first-order valence-corrected chi connectivity index (χ1v) is 6.45. The molecule has 3 heteroatoms. The molecule has 0 spiro atoms. The van der Waals surface area contributed by atoms with E-state index in [1.54, 1.807) is 0 Å². The average Bonchev–Trinajstić information content (AvgIpc) is 2.47. The first kappa shape index (κ1) is 13.6. The summed E-state index contributed by atoms with van der Waals surface area (Å²) in [6, 6.07) is 19.6. The van der Waals surface area contributed by atoms with Gasteiger partial charge in [0.15, 0.2) is 0 Å². The van der Waals surface area contributed by atoms with Crippen LogP contribution in [-0.4, -0.2) is 24.4 Å². The SMILES string of the molecule is O[C@H](CNCc1ccccc1)COc1ccccc1. The normalized spacial score (nSPS) is 12.1. The zero-order valence-electron chi connectivity index (χ0n) is 10.8. The molecule has 2 rings (SSSR count). The number of hydrogen-bond acceptors (Lipinski definition) is 3. The lowest BCUT2D eigenvalue weighted by atomic mass is 10.2. The van der Waals surface area contributed by atoms with Gasteiger partial charge in [-0.1, -0.05) is 48.5 Å². The minimum Gasteiger partial charge on any atom is -0.491 e. The van der Waals surface area contributed by atoms with E-state index in [0.29, 0.717) is 13.2 Å².